The molecular formula is C18H16F2N2O. The first-order chi connectivity index (χ1) is 11.1. The maximum Gasteiger partial charge on any atom is 0.224 e. The summed E-state index contributed by atoms with van der Waals surface area (Å²) in [6.45, 7) is 0. The molecule has 0 aliphatic carbocycles. The third kappa shape index (κ3) is 3.08. The molecule has 0 aliphatic rings. The van der Waals surface area contributed by atoms with Gasteiger partial charge in [0.2, 0.25) is 5.91 Å². The van der Waals surface area contributed by atoms with Crippen LogP contribution in [0, 0.1) is 11.6 Å². The lowest BCUT2D eigenvalue weighted by atomic mass is 10.1. The first-order valence-corrected chi connectivity index (χ1v) is 7.33. The predicted octanol–water partition coefficient (Wildman–Crippen LogP) is 4.03. The lowest BCUT2D eigenvalue weighted by molar-refractivity contribution is -0.116. The Morgan fingerprint density at radius 3 is 2.52 bits per heavy atom. The number of nitrogens with one attached hydrogen (secondary N) is 1. The second kappa shape index (κ2) is 6.20. The van der Waals surface area contributed by atoms with Crippen LogP contribution in [-0.4, -0.2) is 10.5 Å². The van der Waals surface area contributed by atoms with Gasteiger partial charge in [-0.25, -0.2) is 8.78 Å². The van der Waals surface area contributed by atoms with Crippen molar-refractivity contribution in [3.05, 3.63) is 65.9 Å². The number of carbonyl (C=O) groups excluding carboxylic acids is 1. The zero-order chi connectivity index (χ0) is 16.4. The highest BCUT2D eigenvalue weighted by atomic mass is 19.1. The third-order valence-corrected chi connectivity index (χ3v) is 3.87. The summed E-state index contributed by atoms with van der Waals surface area (Å²) in [5, 5.41) is 3.74. The molecule has 0 saturated heterocycles. The van der Waals surface area contributed by atoms with E-state index in [0.717, 1.165) is 10.9 Å². The number of benzene rings is 2. The Bertz CT molecular complexity index is 850. The van der Waals surface area contributed by atoms with Crippen LogP contribution in [0.15, 0.2) is 48.7 Å². The number of anilines is 1. The Labute approximate surface area is 132 Å². The molecule has 0 spiro atoms. The minimum Gasteiger partial charge on any atom is -0.350 e. The lowest BCUT2D eigenvalue weighted by Crippen LogP contribution is -2.13. The zero-order valence-corrected chi connectivity index (χ0v) is 12.6. The number of aryl methyl sites for hydroxylation is 1. The van der Waals surface area contributed by atoms with Gasteiger partial charge in [0, 0.05) is 36.1 Å². The fourth-order valence-corrected chi connectivity index (χ4v) is 2.63. The third-order valence-electron chi connectivity index (χ3n) is 3.87. The van der Waals surface area contributed by atoms with Gasteiger partial charge in [-0.2, -0.15) is 0 Å². The Kier molecular flexibility index (Phi) is 4.10. The van der Waals surface area contributed by atoms with Crippen LogP contribution in [0.5, 0.6) is 0 Å². The van der Waals surface area contributed by atoms with E-state index in [-0.39, 0.29) is 24.3 Å². The molecule has 0 radical (unpaired) electrons. The van der Waals surface area contributed by atoms with Crippen molar-refractivity contribution in [2.75, 3.05) is 5.32 Å². The minimum atomic E-state index is -0.622. The number of hydrogen-bond acceptors (Lipinski definition) is 1. The second-order valence-electron chi connectivity index (χ2n) is 5.41. The highest BCUT2D eigenvalue weighted by Gasteiger charge is 2.12. The average Bonchev–Trinajstić information content (AvgIpc) is 2.89. The van der Waals surface area contributed by atoms with Crippen LogP contribution >= 0.6 is 0 Å². The molecule has 0 saturated carbocycles. The van der Waals surface area contributed by atoms with Gasteiger partial charge in [-0.15, -0.1) is 0 Å². The van der Waals surface area contributed by atoms with Crippen molar-refractivity contribution >= 4 is 22.5 Å². The van der Waals surface area contributed by atoms with E-state index in [1.54, 1.807) is 0 Å². The van der Waals surface area contributed by atoms with Crippen LogP contribution in [-0.2, 0) is 18.3 Å². The van der Waals surface area contributed by atoms with Crippen LogP contribution in [0.25, 0.3) is 10.9 Å². The Balaban J connectivity index is 1.72. The van der Waals surface area contributed by atoms with Gasteiger partial charge in [0.25, 0.3) is 0 Å². The smallest absolute Gasteiger partial charge is 0.224 e. The average molecular weight is 314 g/mol. The maximum absolute atomic E-state index is 13.6. The van der Waals surface area contributed by atoms with Crippen LogP contribution in [0.4, 0.5) is 14.5 Å². The molecule has 0 bridgehead atoms. The van der Waals surface area contributed by atoms with Crippen molar-refractivity contribution in [3.63, 3.8) is 0 Å². The largest absolute Gasteiger partial charge is 0.350 e. The first kappa shape index (κ1) is 15.2. The minimum absolute atomic E-state index is 0.0150. The van der Waals surface area contributed by atoms with E-state index < -0.39 is 11.6 Å². The number of rotatable bonds is 4. The molecule has 3 aromatic rings. The summed E-state index contributed by atoms with van der Waals surface area (Å²) >= 11 is 0. The van der Waals surface area contributed by atoms with Crippen LogP contribution in [0.2, 0.25) is 0 Å². The van der Waals surface area contributed by atoms with Crippen molar-refractivity contribution in [2.45, 2.75) is 12.8 Å². The molecule has 1 heterocycles. The highest BCUT2D eigenvalue weighted by Crippen LogP contribution is 2.24. The van der Waals surface area contributed by atoms with E-state index in [1.165, 1.54) is 18.2 Å². The number of halogens is 2. The van der Waals surface area contributed by atoms with Gasteiger partial charge in [0.15, 0.2) is 0 Å². The number of amides is 1. The van der Waals surface area contributed by atoms with Gasteiger partial charge in [-0.3, -0.25) is 4.79 Å². The van der Waals surface area contributed by atoms with Crippen LogP contribution < -0.4 is 5.32 Å². The van der Waals surface area contributed by atoms with Gasteiger partial charge in [-0.05, 0) is 36.8 Å². The molecule has 3 nitrogen and oxygen atoms in total. The van der Waals surface area contributed by atoms with Gasteiger partial charge in [0.1, 0.15) is 11.6 Å². The lowest BCUT2D eigenvalue weighted by Gasteiger charge is -2.08. The van der Waals surface area contributed by atoms with Crippen molar-refractivity contribution in [1.82, 2.24) is 4.57 Å². The maximum atomic E-state index is 13.6. The standard InChI is InChI=1S/C18H16F2N2O/c1-22-11-10-13-16(6-3-7-17(13)22)21-18(23)9-8-12-14(19)4-2-5-15(12)20/h2-7,10-11H,8-9H2,1H3,(H,21,23). The summed E-state index contributed by atoms with van der Waals surface area (Å²) in [6, 6.07) is 11.2. The molecular weight excluding hydrogens is 298 g/mol. The number of hydrogen-bond donors (Lipinski definition) is 1. The molecule has 0 aliphatic heterocycles. The highest BCUT2D eigenvalue weighted by molar-refractivity contribution is 6.01. The van der Waals surface area contributed by atoms with Gasteiger partial charge in [-0.1, -0.05) is 12.1 Å². The second-order valence-corrected chi connectivity index (χ2v) is 5.41. The summed E-state index contributed by atoms with van der Waals surface area (Å²) in [4.78, 5) is 12.1. The Morgan fingerprint density at radius 2 is 1.78 bits per heavy atom. The van der Waals surface area contributed by atoms with E-state index in [1.807, 2.05) is 42.1 Å². The van der Waals surface area contributed by atoms with Crippen LogP contribution in [0.1, 0.15) is 12.0 Å². The number of fused-ring (bicyclic) bond motifs is 1. The Hall–Kier alpha value is -2.69. The SMILES string of the molecule is Cn1ccc2c(NC(=O)CCc3c(F)cccc3F)cccc21. The van der Waals surface area contributed by atoms with Crippen molar-refractivity contribution in [1.29, 1.82) is 0 Å². The molecule has 0 fully saturated rings. The van der Waals surface area contributed by atoms with E-state index in [0.29, 0.717) is 5.69 Å². The topological polar surface area (TPSA) is 34.0 Å². The molecule has 3 rings (SSSR count). The summed E-state index contributed by atoms with van der Waals surface area (Å²) < 4.78 is 29.1. The van der Waals surface area contributed by atoms with Crippen molar-refractivity contribution in [2.24, 2.45) is 7.05 Å². The zero-order valence-electron chi connectivity index (χ0n) is 12.6. The number of nitrogens with zero attached hydrogens (tertiary/aromatic N) is 1. The van der Waals surface area contributed by atoms with Gasteiger partial charge >= 0.3 is 0 Å². The van der Waals surface area contributed by atoms with Crippen molar-refractivity contribution < 1.29 is 13.6 Å². The molecule has 1 N–H and O–H groups in total. The number of aromatic nitrogens is 1. The van der Waals surface area contributed by atoms with E-state index in [2.05, 4.69) is 5.32 Å². The predicted molar refractivity (Wildman–Crippen MR) is 86.2 cm³/mol. The first-order valence-electron chi connectivity index (χ1n) is 7.33. The summed E-state index contributed by atoms with van der Waals surface area (Å²) in [6.07, 6.45) is 1.95. The molecule has 0 atom stereocenters. The normalized spacial score (nSPS) is 10.9. The monoisotopic (exact) mass is 314 g/mol. The van der Waals surface area contributed by atoms with Gasteiger partial charge in [0.05, 0.1) is 5.69 Å². The van der Waals surface area contributed by atoms with E-state index >= 15 is 0 Å². The summed E-state index contributed by atoms with van der Waals surface area (Å²) in [7, 11) is 1.93. The molecule has 1 aromatic heterocycles. The van der Waals surface area contributed by atoms with Gasteiger partial charge < -0.3 is 9.88 Å². The molecule has 23 heavy (non-hydrogen) atoms. The quantitative estimate of drug-likeness (QED) is 0.775. The van der Waals surface area contributed by atoms with E-state index in [4.69, 9.17) is 0 Å². The molecule has 0 unspecified atom stereocenters. The van der Waals surface area contributed by atoms with E-state index in [9.17, 15) is 13.6 Å². The summed E-state index contributed by atoms with van der Waals surface area (Å²) in [5.74, 6) is -1.52. The number of carbonyl (C=O) groups is 1. The molecule has 2 aromatic carbocycles. The fraction of sp³-hybridized carbons (Fsp3) is 0.167. The fourth-order valence-electron chi connectivity index (χ4n) is 2.63. The summed E-state index contributed by atoms with van der Waals surface area (Å²) in [5.41, 5.74) is 1.64. The van der Waals surface area contributed by atoms with Crippen LogP contribution in [0.3, 0.4) is 0 Å². The van der Waals surface area contributed by atoms with Crippen molar-refractivity contribution in [3.8, 4) is 0 Å². The Morgan fingerprint density at radius 1 is 1.09 bits per heavy atom. The molecule has 118 valence electrons. The molecule has 1 amide bonds. The molecule has 5 heteroatoms.